The van der Waals surface area contributed by atoms with Gasteiger partial charge in [-0.3, -0.25) is 19.7 Å². The standard InChI is InChI=1S/C41H43N7O4S/c1-27-20-40(13-5-14-41(21-27,25-40)47-16-18-52-19-17-47)26-48-23-29(22-42-48)30-10-11-35(44-36(30)38(50)51)46-15-12-28-6-4-7-31(32(28)24-46)37(49)45-39-43-33-8-2-3-9-34(33)53-39/h2-11,14,22-23,27H,12-13,15-21,24-26H2,1H3,(H,50,51)(H,43,45,49). The monoisotopic (exact) mass is 729 g/mol. The predicted octanol–water partition coefficient (Wildman–Crippen LogP) is 6.91. The molecule has 9 rings (SSSR count). The molecular weight excluding hydrogens is 687 g/mol. The maximum Gasteiger partial charge on any atom is 0.355 e. The SMILES string of the molecule is CC1CC2(Cn3cc(-c4ccc(N5CCc6cccc(C(=O)Nc7nc8ccccc8s7)c6C5)nc4C(=O)O)cn3)CC=CC(N3CCOCC3)(C1)C2. The number of carbonyl (C=O) groups excluding carboxylic acids is 1. The van der Waals surface area contributed by atoms with Crippen molar-refractivity contribution in [3.8, 4) is 11.1 Å². The minimum atomic E-state index is -1.09. The van der Waals surface area contributed by atoms with Crippen molar-refractivity contribution in [3.63, 3.8) is 0 Å². The Bertz CT molecular complexity index is 2210. The number of nitrogens with one attached hydrogen (secondary N) is 1. The Balaban J connectivity index is 0.941. The number of allylic oxidation sites excluding steroid dienone is 1. The van der Waals surface area contributed by atoms with Crippen LogP contribution in [-0.4, -0.2) is 80.0 Å². The number of hydrogen-bond acceptors (Lipinski definition) is 9. The lowest BCUT2D eigenvalue weighted by molar-refractivity contribution is -0.0627. The van der Waals surface area contributed by atoms with Crippen molar-refractivity contribution < 1.29 is 19.4 Å². The molecule has 2 fully saturated rings. The molecule has 1 amide bonds. The van der Waals surface area contributed by atoms with Gasteiger partial charge in [-0.2, -0.15) is 5.10 Å². The number of nitrogens with zero attached hydrogens (tertiary/aromatic N) is 6. The van der Waals surface area contributed by atoms with Gasteiger partial charge in [0, 0.05) is 61.1 Å². The Kier molecular flexibility index (Phi) is 8.63. The molecule has 3 aromatic heterocycles. The number of carboxylic acids is 1. The van der Waals surface area contributed by atoms with E-state index >= 15 is 0 Å². The number of carbonyl (C=O) groups is 2. The summed E-state index contributed by atoms with van der Waals surface area (Å²) in [4.78, 5) is 40.3. The number of hydrogen-bond donors (Lipinski definition) is 2. The van der Waals surface area contributed by atoms with Gasteiger partial charge in [-0.05, 0) is 84.9 Å². The number of aromatic nitrogens is 4. The molecule has 4 aliphatic rings. The molecule has 272 valence electrons. The number of ether oxygens (including phenoxy) is 1. The summed E-state index contributed by atoms with van der Waals surface area (Å²) in [6.07, 6.45) is 13.7. The highest BCUT2D eigenvalue weighted by atomic mass is 32.1. The van der Waals surface area contributed by atoms with E-state index in [1.165, 1.54) is 11.3 Å². The molecule has 11 nitrogen and oxygen atoms in total. The topological polar surface area (TPSA) is 126 Å². The molecule has 0 spiro atoms. The molecule has 2 aliphatic carbocycles. The number of benzene rings is 2. The number of carboxylic acid groups (broad SMARTS) is 1. The molecule has 2 aliphatic heterocycles. The number of morpholine rings is 1. The first-order chi connectivity index (χ1) is 25.8. The Hall–Kier alpha value is -4.91. The molecule has 5 heterocycles. The van der Waals surface area contributed by atoms with Crippen LogP contribution < -0.4 is 10.2 Å². The van der Waals surface area contributed by atoms with Gasteiger partial charge in [0.25, 0.3) is 5.91 Å². The number of para-hydroxylation sites is 1. The predicted molar refractivity (Wildman–Crippen MR) is 206 cm³/mol. The van der Waals surface area contributed by atoms with E-state index in [0.29, 0.717) is 47.5 Å². The fourth-order valence-electron chi connectivity index (χ4n) is 9.59. The third-order valence-electron chi connectivity index (χ3n) is 11.7. The maximum atomic E-state index is 13.6. The minimum absolute atomic E-state index is 0.00824. The highest BCUT2D eigenvalue weighted by Gasteiger charge is 2.51. The lowest BCUT2D eigenvalue weighted by Crippen LogP contribution is -2.59. The number of anilines is 2. The first kappa shape index (κ1) is 33.9. The Labute approximate surface area is 312 Å². The van der Waals surface area contributed by atoms with E-state index in [4.69, 9.17) is 14.8 Å². The fraction of sp³-hybridized carbons (Fsp3) is 0.390. The van der Waals surface area contributed by atoms with E-state index in [0.717, 1.165) is 85.4 Å². The van der Waals surface area contributed by atoms with Crippen molar-refractivity contribution in [2.24, 2.45) is 11.3 Å². The van der Waals surface area contributed by atoms with Gasteiger partial charge in [-0.15, -0.1) is 0 Å². The molecular formula is C41H43N7O4S. The van der Waals surface area contributed by atoms with Crippen molar-refractivity contribution in [3.05, 3.63) is 102 Å². The van der Waals surface area contributed by atoms with Crippen LogP contribution in [0.2, 0.25) is 0 Å². The number of amides is 1. The smallest absolute Gasteiger partial charge is 0.355 e. The van der Waals surface area contributed by atoms with E-state index in [-0.39, 0.29) is 22.6 Å². The molecule has 0 radical (unpaired) electrons. The highest BCUT2D eigenvalue weighted by molar-refractivity contribution is 7.22. The minimum Gasteiger partial charge on any atom is -0.476 e. The van der Waals surface area contributed by atoms with Crippen molar-refractivity contribution in [1.82, 2.24) is 24.6 Å². The van der Waals surface area contributed by atoms with Gasteiger partial charge in [0.15, 0.2) is 10.8 Å². The summed E-state index contributed by atoms with van der Waals surface area (Å²) in [5.41, 5.74) is 4.86. The van der Waals surface area contributed by atoms with Crippen molar-refractivity contribution >= 4 is 44.4 Å². The Morgan fingerprint density at radius 3 is 2.75 bits per heavy atom. The van der Waals surface area contributed by atoms with Crippen molar-refractivity contribution in [2.75, 3.05) is 43.1 Å². The summed E-state index contributed by atoms with van der Waals surface area (Å²) in [6, 6.07) is 17.3. The van der Waals surface area contributed by atoms with E-state index in [1.54, 1.807) is 6.20 Å². The highest BCUT2D eigenvalue weighted by Crippen LogP contribution is 2.53. The van der Waals surface area contributed by atoms with Crippen LogP contribution in [0, 0.1) is 11.3 Å². The number of thiazole rings is 1. The van der Waals surface area contributed by atoms with Gasteiger partial charge >= 0.3 is 5.97 Å². The summed E-state index contributed by atoms with van der Waals surface area (Å²) in [7, 11) is 0. The normalized spacial score (nSPS) is 24.2. The lowest BCUT2D eigenvalue weighted by atomic mass is 9.57. The van der Waals surface area contributed by atoms with Gasteiger partial charge in [0.05, 0.1) is 29.6 Å². The molecule has 5 aromatic rings. The van der Waals surface area contributed by atoms with Crippen LogP contribution in [0.25, 0.3) is 21.3 Å². The van der Waals surface area contributed by atoms with Crippen LogP contribution in [0.1, 0.15) is 64.6 Å². The number of pyridine rings is 1. The van der Waals surface area contributed by atoms with Crippen LogP contribution >= 0.6 is 11.3 Å². The second-order valence-corrected chi connectivity index (χ2v) is 16.4. The van der Waals surface area contributed by atoms with Crippen LogP contribution in [0.3, 0.4) is 0 Å². The quantitative estimate of drug-likeness (QED) is 0.164. The number of aromatic carboxylic acids is 1. The van der Waals surface area contributed by atoms with Gasteiger partial charge in [-0.1, -0.05) is 54.7 Å². The molecule has 3 atom stereocenters. The van der Waals surface area contributed by atoms with Gasteiger partial charge in [0.1, 0.15) is 5.82 Å². The third kappa shape index (κ3) is 6.42. The summed E-state index contributed by atoms with van der Waals surface area (Å²) in [5.74, 6) is -0.148. The maximum absolute atomic E-state index is 13.6. The largest absolute Gasteiger partial charge is 0.476 e. The average Bonchev–Trinajstić information content (AvgIpc) is 3.80. The van der Waals surface area contributed by atoms with E-state index in [2.05, 4.69) is 45.2 Å². The van der Waals surface area contributed by atoms with Crippen LogP contribution in [0.5, 0.6) is 0 Å². The van der Waals surface area contributed by atoms with Gasteiger partial charge in [-0.25, -0.2) is 14.8 Å². The lowest BCUT2D eigenvalue weighted by Gasteiger charge is -2.56. The Morgan fingerprint density at radius 2 is 1.91 bits per heavy atom. The zero-order valence-electron chi connectivity index (χ0n) is 29.8. The second kappa shape index (κ2) is 13.5. The first-order valence-corrected chi connectivity index (χ1v) is 19.4. The van der Waals surface area contributed by atoms with Gasteiger partial charge < -0.3 is 14.7 Å². The molecule has 2 bridgehead atoms. The second-order valence-electron chi connectivity index (χ2n) is 15.4. The third-order valence-corrected chi connectivity index (χ3v) is 12.6. The summed E-state index contributed by atoms with van der Waals surface area (Å²) in [5, 5.41) is 18.7. The van der Waals surface area contributed by atoms with E-state index in [9.17, 15) is 14.7 Å². The molecule has 2 aromatic carbocycles. The fourth-order valence-corrected chi connectivity index (χ4v) is 10.5. The van der Waals surface area contributed by atoms with Crippen molar-refractivity contribution in [1.29, 1.82) is 0 Å². The van der Waals surface area contributed by atoms with E-state index in [1.807, 2.05) is 59.4 Å². The summed E-state index contributed by atoms with van der Waals surface area (Å²) in [6.45, 7) is 7.74. The zero-order chi connectivity index (χ0) is 36.2. The molecule has 3 unspecified atom stereocenters. The molecule has 1 saturated heterocycles. The zero-order valence-corrected chi connectivity index (χ0v) is 30.6. The first-order valence-electron chi connectivity index (χ1n) is 18.6. The molecule has 12 heteroatoms. The van der Waals surface area contributed by atoms with Crippen LogP contribution in [-0.2, 0) is 24.2 Å². The summed E-state index contributed by atoms with van der Waals surface area (Å²) >= 11 is 1.44. The number of rotatable bonds is 8. The molecule has 1 saturated carbocycles. The summed E-state index contributed by atoms with van der Waals surface area (Å²) < 4.78 is 8.72. The van der Waals surface area contributed by atoms with Crippen LogP contribution in [0.15, 0.2) is 79.1 Å². The van der Waals surface area contributed by atoms with Crippen LogP contribution in [0.4, 0.5) is 10.9 Å². The molecule has 2 N–H and O–H groups in total. The number of fused-ring (bicyclic) bond motifs is 4. The molecule has 53 heavy (non-hydrogen) atoms. The van der Waals surface area contributed by atoms with Gasteiger partial charge in [0.2, 0.25) is 0 Å². The van der Waals surface area contributed by atoms with E-state index < -0.39 is 5.97 Å². The Morgan fingerprint density at radius 1 is 1.04 bits per heavy atom. The van der Waals surface area contributed by atoms with Crippen molar-refractivity contribution in [2.45, 2.75) is 57.7 Å². The average molecular weight is 730 g/mol.